The fourth-order valence-electron chi connectivity index (χ4n) is 2.76. The largest absolute Gasteiger partial charge is 0.497 e. The molecule has 130 valence electrons. The molecule has 1 saturated carbocycles. The predicted molar refractivity (Wildman–Crippen MR) is 91.8 cm³/mol. The summed E-state index contributed by atoms with van der Waals surface area (Å²) in [4.78, 5) is 4.24. The Morgan fingerprint density at radius 3 is 2.83 bits per heavy atom. The first-order chi connectivity index (χ1) is 11.5. The number of ether oxygens (including phenoxy) is 1. The zero-order chi connectivity index (χ0) is 17.2. The number of methoxy groups -OCH3 is 1. The average molecular weight is 349 g/mol. The zero-order valence-electron chi connectivity index (χ0n) is 14.0. The molecule has 0 atom stereocenters. The van der Waals surface area contributed by atoms with Gasteiger partial charge in [0, 0.05) is 12.6 Å². The van der Waals surface area contributed by atoms with E-state index in [0.29, 0.717) is 17.9 Å². The van der Waals surface area contributed by atoms with Crippen LogP contribution in [0.3, 0.4) is 0 Å². The van der Waals surface area contributed by atoms with Crippen molar-refractivity contribution < 1.29 is 13.2 Å². The van der Waals surface area contributed by atoms with Crippen molar-refractivity contribution in [3.8, 4) is 5.75 Å². The van der Waals surface area contributed by atoms with Crippen molar-refractivity contribution in [1.82, 2.24) is 14.9 Å². The van der Waals surface area contributed by atoms with Gasteiger partial charge < -0.3 is 14.6 Å². The topological polar surface area (TPSA) is 73.2 Å². The standard InChI is InChI=1S/C17H23N3O3S/c1-3-18-10-15-11-19-17(20(15)14-7-8-14)24(21,22)12-13-5-4-6-16(9-13)23-2/h4-6,9,11,14,18H,3,7-8,10,12H2,1-2H3. The first kappa shape index (κ1) is 17.0. The highest BCUT2D eigenvalue weighted by atomic mass is 32.2. The molecular formula is C17H23N3O3S. The minimum atomic E-state index is -3.51. The van der Waals surface area contributed by atoms with E-state index in [1.165, 1.54) is 0 Å². The third-order valence-electron chi connectivity index (χ3n) is 4.08. The van der Waals surface area contributed by atoms with Crippen LogP contribution in [0.2, 0.25) is 0 Å². The summed E-state index contributed by atoms with van der Waals surface area (Å²) in [6.45, 7) is 3.49. The van der Waals surface area contributed by atoms with E-state index in [2.05, 4.69) is 10.3 Å². The monoisotopic (exact) mass is 349 g/mol. The van der Waals surface area contributed by atoms with Crippen LogP contribution < -0.4 is 10.1 Å². The number of imidazole rings is 1. The van der Waals surface area contributed by atoms with E-state index < -0.39 is 9.84 Å². The Morgan fingerprint density at radius 1 is 1.38 bits per heavy atom. The maximum Gasteiger partial charge on any atom is 0.228 e. The van der Waals surface area contributed by atoms with Crippen molar-refractivity contribution in [2.24, 2.45) is 0 Å². The van der Waals surface area contributed by atoms with Crippen LogP contribution in [0.4, 0.5) is 0 Å². The fourth-order valence-corrected chi connectivity index (χ4v) is 4.29. The van der Waals surface area contributed by atoms with Crippen LogP contribution in [0.15, 0.2) is 35.6 Å². The van der Waals surface area contributed by atoms with Crippen LogP contribution in [0, 0.1) is 0 Å². The predicted octanol–water partition coefficient (Wildman–Crippen LogP) is 2.31. The van der Waals surface area contributed by atoms with Gasteiger partial charge in [-0.25, -0.2) is 13.4 Å². The summed E-state index contributed by atoms with van der Waals surface area (Å²) in [6, 6.07) is 7.41. The number of nitrogens with zero attached hydrogens (tertiary/aromatic N) is 2. The molecule has 0 saturated heterocycles. The summed E-state index contributed by atoms with van der Waals surface area (Å²) in [5.41, 5.74) is 1.64. The van der Waals surface area contributed by atoms with E-state index in [4.69, 9.17) is 4.74 Å². The van der Waals surface area contributed by atoms with E-state index in [1.807, 2.05) is 11.5 Å². The van der Waals surface area contributed by atoms with Crippen LogP contribution in [0.5, 0.6) is 5.75 Å². The molecule has 0 amide bonds. The Morgan fingerprint density at radius 2 is 2.17 bits per heavy atom. The lowest BCUT2D eigenvalue weighted by atomic mass is 10.2. The summed E-state index contributed by atoms with van der Waals surface area (Å²) in [5, 5.41) is 3.43. The van der Waals surface area contributed by atoms with Gasteiger partial charge in [-0.2, -0.15) is 0 Å². The van der Waals surface area contributed by atoms with Gasteiger partial charge >= 0.3 is 0 Å². The molecule has 0 aliphatic heterocycles. The van der Waals surface area contributed by atoms with Crippen molar-refractivity contribution in [3.05, 3.63) is 41.7 Å². The van der Waals surface area contributed by atoms with Crippen LogP contribution in [-0.2, 0) is 22.1 Å². The van der Waals surface area contributed by atoms with Crippen molar-refractivity contribution in [3.63, 3.8) is 0 Å². The number of aromatic nitrogens is 2. The number of sulfone groups is 1. The molecule has 0 unspecified atom stereocenters. The number of benzene rings is 1. The first-order valence-electron chi connectivity index (χ1n) is 8.17. The quantitative estimate of drug-likeness (QED) is 0.792. The second-order valence-corrected chi connectivity index (χ2v) is 7.91. The summed E-state index contributed by atoms with van der Waals surface area (Å²) >= 11 is 0. The van der Waals surface area contributed by atoms with Crippen LogP contribution in [-0.4, -0.2) is 31.6 Å². The normalized spacial score (nSPS) is 14.8. The minimum absolute atomic E-state index is 0.0748. The second-order valence-electron chi connectivity index (χ2n) is 6.02. The highest BCUT2D eigenvalue weighted by molar-refractivity contribution is 7.90. The SMILES string of the molecule is CCNCc1cnc(S(=O)(=O)Cc2cccc(OC)c2)n1C1CC1. The Hall–Kier alpha value is -1.86. The van der Waals surface area contributed by atoms with Crippen LogP contribution in [0.1, 0.15) is 37.1 Å². The van der Waals surface area contributed by atoms with Gasteiger partial charge in [0.25, 0.3) is 0 Å². The molecule has 24 heavy (non-hydrogen) atoms. The van der Waals surface area contributed by atoms with E-state index in [0.717, 1.165) is 25.1 Å². The van der Waals surface area contributed by atoms with Crippen molar-refractivity contribution in [2.45, 2.75) is 43.3 Å². The minimum Gasteiger partial charge on any atom is -0.497 e. The lowest BCUT2D eigenvalue weighted by Gasteiger charge is -2.12. The van der Waals surface area contributed by atoms with Crippen molar-refractivity contribution in [1.29, 1.82) is 0 Å². The van der Waals surface area contributed by atoms with Crippen molar-refractivity contribution >= 4 is 9.84 Å². The molecular weight excluding hydrogens is 326 g/mol. The molecule has 1 aliphatic rings. The molecule has 1 aromatic heterocycles. The van der Waals surface area contributed by atoms with Gasteiger partial charge in [-0.3, -0.25) is 0 Å². The molecule has 0 spiro atoms. The molecule has 1 N–H and O–H groups in total. The van der Waals surface area contributed by atoms with Crippen LogP contribution >= 0.6 is 0 Å². The maximum atomic E-state index is 12.9. The van der Waals surface area contributed by atoms with Gasteiger partial charge in [-0.15, -0.1) is 0 Å². The third kappa shape index (κ3) is 3.62. The van der Waals surface area contributed by atoms with E-state index in [-0.39, 0.29) is 17.0 Å². The highest BCUT2D eigenvalue weighted by Gasteiger charge is 2.33. The number of hydrogen-bond donors (Lipinski definition) is 1. The van der Waals surface area contributed by atoms with Gasteiger partial charge in [-0.05, 0) is 37.1 Å². The summed E-state index contributed by atoms with van der Waals surface area (Å²) in [7, 11) is -1.94. The van der Waals surface area contributed by atoms with Gasteiger partial charge in [0.05, 0.1) is 24.8 Å². The Kier molecular flexibility index (Phi) is 4.91. The smallest absolute Gasteiger partial charge is 0.228 e. The number of rotatable bonds is 8. The van der Waals surface area contributed by atoms with E-state index >= 15 is 0 Å². The van der Waals surface area contributed by atoms with E-state index in [1.54, 1.807) is 37.6 Å². The maximum absolute atomic E-state index is 12.9. The van der Waals surface area contributed by atoms with Gasteiger partial charge in [-0.1, -0.05) is 19.1 Å². The van der Waals surface area contributed by atoms with Gasteiger partial charge in [0.1, 0.15) is 5.75 Å². The molecule has 1 aromatic carbocycles. The second kappa shape index (κ2) is 6.94. The molecule has 1 fully saturated rings. The molecule has 1 heterocycles. The Bertz CT molecular complexity index is 810. The highest BCUT2D eigenvalue weighted by Crippen LogP contribution is 2.38. The zero-order valence-corrected chi connectivity index (χ0v) is 14.8. The average Bonchev–Trinajstić information content (AvgIpc) is 3.31. The fraction of sp³-hybridized carbons (Fsp3) is 0.471. The summed E-state index contributed by atoms with van der Waals surface area (Å²) in [5.74, 6) is 0.579. The molecule has 2 aromatic rings. The molecule has 0 radical (unpaired) electrons. The summed E-state index contributed by atoms with van der Waals surface area (Å²) < 4.78 is 32.9. The molecule has 6 nitrogen and oxygen atoms in total. The lowest BCUT2D eigenvalue weighted by molar-refractivity contribution is 0.414. The molecule has 3 rings (SSSR count). The van der Waals surface area contributed by atoms with Crippen molar-refractivity contribution in [2.75, 3.05) is 13.7 Å². The number of nitrogens with one attached hydrogen (secondary N) is 1. The molecule has 1 aliphatic carbocycles. The molecule has 0 bridgehead atoms. The van der Waals surface area contributed by atoms with Gasteiger partial charge in [0.15, 0.2) is 0 Å². The lowest BCUT2D eigenvalue weighted by Crippen LogP contribution is -2.18. The molecule has 7 heteroatoms. The number of hydrogen-bond acceptors (Lipinski definition) is 5. The summed E-state index contributed by atoms with van der Waals surface area (Å²) in [6.07, 6.45) is 3.70. The Balaban J connectivity index is 1.90. The first-order valence-corrected chi connectivity index (χ1v) is 9.83. The van der Waals surface area contributed by atoms with Gasteiger partial charge in [0.2, 0.25) is 15.0 Å². The third-order valence-corrected chi connectivity index (χ3v) is 5.65. The Labute approximate surface area is 142 Å². The van der Waals surface area contributed by atoms with Crippen LogP contribution in [0.25, 0.3) is 0 Å². The van der Waals surface area contributed by atoms with E-state index in [9.17, 15) is 8.42 Å².